The van der Waals surface area contributed by atoms with Gasteiger partial charge in [-0.25, -0.2) is 0 Å². The predicted molar refractivity (Wildman–Crippen MR) is 31.3 cm³/mol. The third-order valence-electron chi connectivity index (χ3n) is 1.12. The zero-order valence-corrected chi connectivity index (χ0v) is 5.07. The van der Waals surface area contributed by atoms with E-state index in [2.05, 4.69) is 5.32 Å². The Morgan fingerprint density at radius 2 is 2.10 bits per heavy atom. The summed E-state index contributed by atoms with van der Waals surface area (Å²) in [7, 11) is 0. The van der Waals surface area contributed by atoms with Crippen molar-refractivity contribution in [1.82, 2.24) is 5.32 Å². The summed E-state index contributed by atoms with van der Waals surface area (Å²) in [5, 5.41) is 2.47. The lowest BCUT2D eigenvalue weighted by molar-refractivity contribution is -0.0887. The average molecular weight is 149 g/mol. The van der Waals surface area contributed by atoms with Gasteiger partial charge < -0.3 is 5.32 Å². The van der Waals surface area contributed by atoms with E-state index in [1.807, 2.05) is 0 Å². The molecule has 0 atom stereocenters. The van der Waals surface area contributed by atoms with Crippen LogP contribution in [0.4, 0.5) is 13.2 Å². The fraction of sp³-hybridized carbons (Fsp3) is 0.333. The molecule has 1 N–H and O–H groups in total. The van der Waals surface area contributed by atoms with Crippen LogP contribution in [0.1, 0.15) is 0 Å². The molecule has 0 aromatic heterocycles. The number of rotatable bonds is 0. The van der Waals surface area contributed by atoms with Gasteiger partial charge in [-0.1, -0.05) is 12.2 Å². The van der Waals surface area contributed by atoms with Gasteiger partial charge in [0, 0.05) is 12.7 Å². The molecule has 0 unspecified atom stereocenters. The summed E-state index contributed by atoms with van der Waals surface area (Å²) in [5.41, 5.74) is -0.626. The summed E-state index contributed by atoms with van der Waals surface area (Å²) in [6, 6.07) is 0. The number of alkyl halides is 3. The minimum atomic E-state index is -4.22. The summed E-state index contributed by atoms with van der Waals surface area (Å²) in [5.74, 6) is 0. The number of allylic oxidation sites excluding steroid dienone is 2. The Morgan fingerprint density at radius 3 is 2.40 bits per heavy atom. The van der Waals surface area contributed by atoms with Crippen molar-refractivity contribution in [3.05, 3.63) is 23.9 Å². The van der Waals surface area contributed by atoms with Crippen molar-refractivity contribution < 1.29 is 13.2 Å². The van der Waals surface area contributed by atoms with Crippen LogP contribution in [0.25, 0.3) is 0 Å². The first-order chi connectivity index (χ1) is 4.61. The van der Waals surface area contributed by atoms with E-state index in [9.17, 15) is 13.2 Å². The Kier molecular flexibility index (Phi) is 1.70. The van der Waals surface area contributed by atoms with Gasteiger partial charge in [0.15, 0.2) is 0 Å². The van der Waals surface area contributed by atoms with Gasteiger partial charge in [-0.3, -0.25) is 0 Å². The second-order valence-corrected chi connectivity index (χ2v) is 1.91. The van der Waals surface area contributed by atoms with E-state index < -0.39 is 11.7 Å². The summed E-state index contributed by atoms with van der Waals surface area (Å²) >= 11 is 0. The number of hydrogen-bond donors (Lipinski definition) is 1. The van der Waals surface area contributed by atoms with E-state index in [-0.39, 0.29) is 0 Å². The molecule has 1 rings (SSSR count). The molecule has 0 spiro atoms. The van der Waals surface area contributed by atoms with E-state index in [0.29, 0.717) is 6.54 Å². The van der Waals surface area contributed by atoms with Crippen molar-refractivity contribution in [2.24, 2.45) is 0 Å². The van der Waals surface area contributed by atoms with Crippen LogP contribution in [0.15, 0.2) is 23.9 Å². The summed E-state index contributed by atoms with van der Waals surface area (Å²) in [6.07, 6.45) is -0.747. The van der Waals surface area contributed by atoms with Gasteiger partial charge in [-0.05, 0) is 0 Å². The zero-order chi connectivity index (χ0) is 7.61. The Morgan fingerprint density at radius 1 is 1.40 bits per heavy atom. The Balaban J connectivity index is 2.73. The van der Waals surface area contributed by atoms with Crippen LogP contribution in [-0.2, 0) is 0 Å². The molecule has 0 amide bonds. The minimum absolute atomic E-state index is 0.472. The second kappa shape index (κ2) is 2.36. The van der Waals surface area contributed by atoms with Crippen LogP contribution in [0.2, 0.25) is 0 Å². The lowest BCUT2D eigenvalue weighted by Gasteiger charge is -2.10. The molecule has 0 saturated carbocycles. The minimum Gasteiger partial charge on any atom is -0.387 e. The largest absolute Gasteiger partial charge is 0.417 e. The second-order valence-electron chi connectivity index (χ2n) is 1.91. The third kappa shape index (κ3) is 1.52. The van der Waals surface area contributed by atoms with Crippen molar-refractivity contribution in [3.8, 4) is 0 Å². The van der Waals surface area contributed by atoms with Gasteiger partial charge in [0.1, 0.15) is 0 Å². The van der Waals surface area contributed by atoms with Crippen LogP contribution >= 0.6 is 0 Å². The quantitative estimate of drug-likeness (QED) is 0.551. The van der Waals surface area contributed by atoms with Gasteiger partial charge in [0.2, 0.25) is 0 Å². The lowest BCUT2D eigenvalue weighted by atomic mass is 10.2. The molecule has 1 heterocycles. The maximum absolute atomic E-state index is 11.8. The summed E-state index contributed by atoms with van der Waals surface area (Å²) < 4.78 is 35.3. The topological polar surface area (TPSA) is 12.0 Å². The molecular formula is C6H6F3N. The van der Waals surface area contributed by atoms with Crippen molar-refractivity contribution in [2.45, 2.75) is 6.18 Å². The first-order valence-corrected chi connectivity index (χ1v) is 2.78. The van der Waals surface area contributed by atoms with Gasteiger partial charge in [-0.15, -0.1) is 0 Å². The average Bonchev–Trinajstić information content (AvgIpc) is 1.88. The van der Waals surface area contributed by atoms with Crippen LogP contribution in [0, 0.1) is 0 Å². The van der Waals surface area contributed by atoms with E-state index in [1.165, 1.54) is 6.08 Å². The fourth-order valence-electron chi connectivity index (χ4n) is 0.647. The molecular weight excluding hydrogens is 143 g/mol. The number of halogens is 3. The summed E-state index contributed by atoms with van der Waals surface area (Å²) in [4.78, 5) is 0. The summed E-state index contributed by atoms with van der Waals surface area (Å²) in [6.45, 7) is 0.472. The van der Waals surface area contributed by atoms with Crippen LogP contribution in [0.3, 0.4) is 0 Å². The predicted octanol–water partition coefficient (Wildman–Crippen LogP) is 1.59. The van der Waals surface area contributed by atoms with E-state index in [4.69, 9.17) is 0 Å². The van der Waals surface area contributed by atoms with Crippen LogP contribution < -0.4 is 5.32 Å². The van der Waals surface area contributed by atoms with E-state index >= 15 is 0 Å². The Hall–Kier alpha value is -0.930. The van der Waals surface area contributed by atoms with Gasteiger partial charge >= 0.3 is 6.18 Å². The zero-order valence-electron chi connectivity index (χ0n) is 5.07. The molecule has 0 aromatic carbocycles. The highest BCUT2D eigenvalue weighted by molar-refractivity contribution is 5.26. The maximum atomic E-state index is 11.8. The van der Waals surface area contributed by atoms with Gasteiger partial charge in [-0.2, -0.15) is 13.2 Å². The first kappa shape index (κ1) is 7.18. The molecule has 1 nitrogen and oxygen atoms in total. The Labute approximate surface area is 56.2 Å². The standard InChI is InChI=1S/C6H6F3N/c7-6(8,9)5-2-1-3-10-4-5/h1-2,4,10H,3H2. The van der Waals surface area contributed by atoms with E-state index in [0.717, 1.165) is 12.3 Å². The normalized spacial score (nSPS) is 18.1. The molecule has 56 valence electrons. The van der Waals surface area contributed by atoms with Crippen LogP contribution in [-0.4, -0.2) is 12.7 Å². The van der Waals surface area contributed by atoms with Crippen molar-refractivity contribution in [2.75, 3.05) is 6.54 Å². The lowest BCUT2D eigenvalue weighted by Crippen LogP contribution is -2.18. The molecule has 0 radical (unpaired) electrons. The van der Waals surface area contributed by atoms with Crippen molar-refractivity contribution >= 4 is 0 Å². The van der Waals surface area contributed by atoms with Crippen molar-refractivity contribution in [3.63, 3.8) is 0 Å². The fourth-order valence-corrected chi connectivity index (χ4v) is 0.647. The molecule has 0 bridgehead atoms. The monoisotopic (exact) mass is 149 g/mol. The molecule has 1 aliphatic rings. The van der Waals surface area contributed by atoms with Gasteiger partial charge in [0.05, 0.1) is 5.57 Å². The van der Waals surface area contributed by atoms with Crippen molar-refractivity contribution in [1.29, 1.82) is 0 Å². The highest BCUT2D eigenvalue weighted by atomic mass is 19.4. The highest BCUT2D eigenvalue weighted by Gasteiger charge is 2.32. The Bertz CT molecular complexity index is 178. The molecule has 1 aliphatic heterocycles. The molecule has 0 saturated heterocycles. The molecule has 0 aromatic rings. The molecule has 0 aliphatic carbocycles. The first-order valence-electron chi connectivity index (χ1n) is 2.78. The SMILES string of the molecule is FC(F)(F)C1=CNCC=C1. The van der Waals surface area contributed by atoms with E-state index in [1.54, 1.807) is 0 Å². The third-order valence-corrected chi connectivity index (χ3v) is 1.12. The maximum Gasteiger partial charge on any atom is 0.417 e. The smallest absolute Gasteiger partial charge is 0.387 e. The highest BCUT2D eigenvalue weighted by Crippen LogP contribution is 2.26. The molecule has 0 fully saturated rings. The number of dihydropyridines is 1. The number of nitrogens with one attached hydrogen (secondary N) is 1. The number of hydrogen-bond acceptors (Lipinski definition) is 1. The molecule has 4 heteroatoms. The van der Waals surface area contributed by atoms with Crippen LogP contribution in [0.5, 0.6) is 0 Å². The van der Waals surface area contributed by atoms with Gasteiger partial charge in [0.25, 0.3) is 0 Å². The molecule has 10 heavy (non-hydrogen) atoms.